The predicted molar refractivity (Wildman–Crippen MR) is 47.8 cm³/mol. The van der Waals surface area contributed by atoms with Crippen molar-refractivity contribution >= 4 is 0 Å². The fourth-order valence-electron chi connectivity index (χ4n) is 2.02. The van der Waals surface area contributed by atoms with Gasteiger partial charge in [0.1, 0.15) is 0 Å². The molecule has 2 rings (SSSR count). The highest BCUT2D eigenvalue weighted by Crippen LogP contribution is 2.26. The molecule has 66 valence electrons. The number of fused-ring (bicyclic) bond motifs is 2. The summed E-state index contributed by atoms with van der Waals surface area (Å²) in [5, 5.41) is 0. The van der Waals surface area contributed by atoms with E-state index < -0.39 is 0 Å². The molecule has 2 atom stereocenters. The average Bonchev–Trinajstić information content (AvgIpc) is 2.48. The predicted octanol–water partition coefficient (Wildman–Crippen LogP) is 0.873. The maximum absolute atomic E-state index is 5.60. The highest BCUT2D eigenvalue weighted by atomic mass is 16.5. The van der Waals surface area contributed by atoms with Crippen LogP contribution in [0.3, 0.4) is 0 Å². The minimum atomic E-state index is 0.556. The molecule has 2 nitrogen and oxygen atoms in total. The number of ether oxygens (including phenoxy) is 1. The van der Waals surface area contributed by atoms with Crippen molar-refractivity contribution in [3.05, 3.63) is 0 Å². The van der Waals surface area contributed by atoms with Gasteiger partial charge in [-0.05, 0) is 19.8 Å². The standard InChI is InChI=1S/C10H15NO/c1-2-3-5-11-6-4-10-7-9(11)8-12-10/h9-10H,4-8H2,1H3. The van der Waals surface area contributed by atoms with E-state index in [1.54, 1.807) is 0 Å². The van der Waals surface area contributed by atoms with E-state index in [1.807, 2.05) is 6.92 Å². The first-order valence-corrected chi connectivity index (χ1v) is 4.65. The van der Waals surface area contributed by atoms with Gasteiger partial charge < -0.3 is 4.74 Å². The molecule has 0 aliphatic carbocycles. The van der Waals surface area contributed by atoms with Crippen LogP contribution in [0, 0.1) is 11.8 Å². The molecule has 0 amide bonds. The van der Waals surface area contributed by atoms with E-state index in [-0.39, 0.29) is 0 Å². The Morgan fingerprint density at radius 3 is 3.33 bits per heavy atom. The molecule has 0 aromatic rings. The van der Waals surface area contributed by atoms with Crippen LogP contribution in [0.5, 0.6) is 0 Å². The van der Waals surface area contributed by atoms with Gasteiger partial charge in [0, 0.05) is 12.6 Å². The third kappa shape index (κ3) is 1.48. The lowest BCUT2D eigenvalue weighted by atomic mass is 10.0. The lowest BCUT2D eigenvalue weighted by Crippen LogP contribution is -2.40. The van der Waals surface area contributed by atoms with Crippen LogP contribution < -0.4 is 0 Å². The molecule has 0 saturated carbocycles. The Morgan fingerprint density at radius 2 is 2.50 bits per heavy atom. The summed E-state index contributed by atoms with van der Waals surface area (Å²) >= 11 is 0. The summed E-state index contributed by atoms with van der Waals surface area (Å²) in [7, 11) is 0. The molecule has 2 heteroatoms. The Kier molecular flexibility index (Phi) is 2.34. The Morgan fingerprint density at radius 1 is 1.58 bits per heavy atom. The van der Waals surface area contributed by atoms with Crippen molar-refractivity contribution in [2.45, 2.75) is 31.9 Å². The molecule has 12 heavy (non-hydrogen) atoms. The van der Waals surface area contributed by atoms with Crippen LogP contribution in [-0.4, -0.2) is 36.7 Å². The topological polar surface area (TPSA) is 12.5 Å². The van der Waals surface area contributed by atoms with Crippen LogP contribution in [0.2, 0.25) is 0 Å². The molecule has 0 aromatic carbocycles. The summed E-state index contributed by atoms with van der Waals surface area (Å²) < 4.78 is 5.60. The number of piperidine rings is 1. The number of hydrogen-bond acceptors (Lipinski definition) is 2. The van der Waals surface area contributed by atoms with E-state index in [2.05, 4.69) is 16.7 Å². The van der Waals surface area contributed by atoms with Crippen LogP contribution in [0.1, 0.15) is 19.8 Å². The summed E-state index contributed by atoms with van der Waals surface area (Å²) in [4.78, 5) is 2.44. The molecule has 2 heterocycles. The Hall–Kier alpha value is -0.520. The van der Waals surface area contributed by atoms with Crippen molar-refractivity contribution in [3.63, 3.8) is 0 Å². The normalized spacial score (nSPS) is 34.4. The first-order chi connectivity index (χ1) is 5.90. The van der Waals surface area contributed by atoms with Crippen LogP contribution in [0.4, 0.5) is 0 Å². The van der Waals surface area contributed by atoms with E-state index in [9.17, 15) is 0 Å². The van der Waals surface area contributed by atoms with E-state index in [4.69, 9.17) is 4.74 Å². The first kappa shape index (κ1) is 8.10. The van der Waals surface area contributed by atoms with Crippen LogP contribution >= 0.6 is 0 Å². The summed E-state index contributed by atoms with van der Waals surface area (Å²) in [6.45, 7) is 4.93. The first-order valence-electron chi connectivity index (χ1n) is 4.65. The number of rotatable bonds is 1. The highest BCUT2D eigenvalue weighted by Gasteiger charge is 2.34. The van der Waals surface area contributed by atoms with Crippen molar-refractivity contribution in [1.82, 2.24) is 4.90 Å². The van der Waals surface area contributed by atoms with Gasteiger partial charge in [-0.15, -0.1) is 5.92 Å². The quantitative estimate of drug-likeness (QED) is 0.535. The third-order valence-corrected chi connectivity index (χ3v) is 2.77. The molecular weight excluding hydrogens is 150 g/mol. The molecule has 0 N–H and O–H groups in total. The molecule has 0 spiro atoms. The lowest BCUT2D eigenvalue weighted by Gasteiger charge is -2.29. The fraction of sp³-hybridized carbons (Fsp3) is 0.800. The molecule has 2 saturated heterocycles. The summed E-state index contributed by atoms with van der Waals surface area (Å²) in [6.07, 6.45) is 2.98. The molecule has 2 bridgehead atoms. The molecule has 2 aliphatic rings. The third-order valence-electron chi connectivity index (χ3n) is 2.77. The number of hydrogen-bond donors (Lipinski definition) is 0. The van der Waals surface area contributed by atoms with Gasteiger partial charge in [0.2, 0.25) is 0 Å². The van der Waals surface area contributed by atoms with E-state index in [1.165, 1.54) is 19.4 Å². The van der Waals surface area contributed by atoms with Crippen molar-refractivity contribution in [2.75, 3.05) is 19.7 Å². The minimum absolute atomic E-state index is 0.556. The van der Waals surface area contributed by atoms with Crippen molar-refractivity contribution in [1.29, 1.82) is 0 Å². The highest BCUT2D eigenvalue weighted by molar-refractivity contribution is 5.00. The van der Waals surface area contributed by atoms with Crippen molar-refractivity contribution in [2.24, 2.45) is 0 Å². The van der Waals surface area contributed by atoms with Gasteiger partial charge in [-0.3, -0.25) is 4.90 Å². The second kappa shape index (κ2) is 3.47. The van der Waals surface area contributed by atoms with Gasteiger partial charge in [0.15, 0.2) is 0 Å². The Balaban J connectivity index is 1.92. The zero-order valence-electron chi connectivity index (χ0n) is 7.55. The Labute approximate surface area is 73.9 Å². The lowest BCUT2D eigenvalue weighted by molar-refractivity contribution is 0.109. The smallest absolute Gasteiger partial charge is 0.0626 e. The van der Waals surface area contributed by atoms with Gasteiger partial charge in [-0.25, -0.2) is 0 Å². The van der Waals surface area contributed by atoms with E-state index >= 15 is 0 Å². The molecular formula is C10H15NO. The number of likely N-dealkylation sites (tertiary alicyclic amines) is 1. The zero-order chi connectivity index (χ0) is 8.39. The summed E-state index contributed by atoms with van der Waals surface area (Å²) in [5.41, 5.74) is 0. The van der Waals surface area contributed by atoms with E-state index in [0.717, 1.165) is 13.2 Å². The van der Waals surface area contributed by atoms with Gasteiger partial charge >= 0.3 is 0 Å². The maximum atomic E-state index is 5.60. The average molecular weight is 165 g/mol. The van der Waals surface area contributed by atoms with E-state index in [0.29, 0.717) is 12.1 Å². The van der Waals surface area contributed by atoms with Gasteiger partial charge in [0.05, 0.1) is 19.3 Å². The van der Waals surface area contributed by atoms with Crippen LogP contribution in [0.25, 0.3) is 0 Å². The summed E-state index contributed by atoms with van der Waals surface area (Å²) in [6, 6.07) is 0.657. The molecule has 0 aromatic heterocycles. The fourth-order valence-corrected chi connectivity index (χ4v) is 2.02. The van der Waals surface area contributed by atoms with Gasteiger partial charge in [-0.2, -0.15) is 0 Å². The molecule has 2 unspecified atom stereocenters. The van der Waals surface area contributed by atoms with Crippen LogP contribution in [-0.2, 0) is 4.74 Å². The monoisotopic (exact) mass is 165 g/mol. The molecule has 0 radical (unpaired) electrons. The Bertz CT molecular complexity index is 216. The van der Waals surface area contributed by atoms with Crippen molar-refractivity contribution < 1.29 is 4.74 Å². The van der Waals surface area contributed by atoms with Crippen molar-refractivity contribution in [3.8, 4) is 11.8 Å². The van der Waals surface area contributed by atoms with Gasteiger partial charge in [-0.1, -0.05) is 5.92 Å². The SMILES string of the molecule is CC#CCN1CCC2CC1CO2. The van der Waals surface area contributed by atoms with Crippen LogP contribution in [0.15, 0.2) is 0 Å². The second-order valence-corrected chi connectivity index (χ2v) is 3.53. The molecule has 2 fully saturated rings. The number of nitrogens with zero attached hydrogens (tertiary/aromatic N) is 1. The second-order valence-electron chi connectivity index (χ2n) is 3.53. The largest absolute Gasteiger partial charge is 0.376 e. The zero-order valence-corrected chi connectivity index (χ0v) is 7.55. The maximum Gasteiger partial charge on any atom is 0.0626 e. The molecule has 2 aliphatic heterocycles. The van der Waals surface area contributed by atoms with Gasteiger partial charge in [0.25, 0.3) is 0 Å². The minimum Gasteiger partial charge on any atom is -0.376 e. The summed E-state index contributed by atoms with van der Waals surface area (Å²) in [5.74, 6) is 6.06.